The van der Waals surface area contributed by atoms with E-state index >= 15 is 0 Å². The topological polar surface area (TPSA) is 72.9 Å². The number of aryl methyl sites for hydroxylation is 1. The number of hydrogen-bond acceptors (Lipinski definition) is 3. The third-order valence-corrected chi connectivity index (χ3v) is 3.42. The Morgan fingerprint density at radius 1 is 1.30 bits per heavy atom. The van der Waals surface area contributed by atoms with Crippen molar-refractivity contribution in [2.45, 2.75) is 32.9 Å². The summed E-state index contributed by atoms with van der Waals surface area (Å²) in [4.78, 5) is 15.3. The van der Waals surface area contributed by atoms with Crippen LogP contribution in [0.15, 0.2) is 36.7 Å². The second kappa shape index (κ2) is 5.88. The Kier molecular flexibility index (Phi) is 4.20. The minimum absolute atomic E-state index is 0.0652. The van der Waals surface area contributed by atoms with Gasteiger partial charge in [0.25, 0.3) is 0 Å². The number of nitrogens with zero attached hydrogens (tertiary/aromatic N) is 2. The number of carbonyl (C=O) groups is 1. The van der Waals surface area contributed by atoms with Gasteiger partial charge in [-0.25, -0.2) is 4.98 Å². The molecule has 3 N–H and O–H groups in total. The lowest BCUT2D eigenvalue weighted by molar-refractivity contribution is -0.119. The van der Waals surface area contributed by atoms with Crippen LogP contribution in [0.5, 0.6) is 0 Å². The van der Waals surface area contributed by atoms with Crippen LogP contribution in [0, 0.1) is 6.92 Å². The summed E-state index contributed by atoms with van der Waals surface area (Å²) >= 11 is 0. The van der Waals surface area contributed by atoms with Gasteiger partial charge in [0.15, 0.2) is 0 Å². The van der Waals surface area contributed by atoms with E-state index in [2.05, 4.69) is 10.3 Å². The number of amides is 1. The summed E-state index contributed by atoms with van der Waals surface area (Å²) in [6.45, 7) is 5.74. The van der Waals surface area contributed by atoms with Gasteiger partial charge in [0, 0.05) is 24.1 Å². The van der Waals surface area contributed by atoms with Crippen molar-refractivity contribution in [2.75, 3.05) is 0 Å². The second-order valence-corrected chi connectivity index (χ2v) is 4.95. The largest absolute Gasteiger partial charge is 0.368 e. The summed E-state index contributed by atoms with van der Waals surface area (Å²) < 4.78 is 2.02. The number of imidazole rings is 1. The molecule has 2 rings (SSSR count). The van der Waals surface area contributed by atoms with E-state index in [0.29, 0.717) is 0 Å². The molecule has 0 unspecified atom stereocenters. The number of rotatable bonds is 5. The number of aromatic nitrogens is 2. The molecule has 20 heavy (non-hydrogen) atoms. The Labute approximate surface area is 118 Å². The van der Waals surface area contributed by atoms with Gasteiger partial charge >= 0.3 is 0 Å². The maximum absolute atomic E-state index is 11.1. The highest BCUT2D eigenvalue weighted by atomic mass is 16.1. The maximum atomic E-state index is 11.1. The molecule has 0 radical (unpaired) electrons. The van der Waals surface area contributed by atoms with Crippen molar-refractivity contribution >= 4 is 5.91 Å². The molecule has 0 saturated heterocycles. The van der Waals surface area contributed by atoms with E-state index in [1.54, 1.807) is 13.1 Å². The summed E-state index contributed by atoms with van der Waals surface area (Å²) in [5.74, 6) is 0.605. The van der Waals surface area contributed by atoms with Crippen molar-refractivity contribution < 1.29 is 4.79 Å². The molecule has 0 aliphatic carbocycles. The number of nitrogens with one attached hydrogen (secondary N) is 1. The van der Waals surface area contributed by atoms with Crippen molar-refractivity contribution in [1.29, 1.82) is 0 Å². The van der Waals surface area contributed by atoms with E-state index in [-0.39, 0.29) is 18.0 Å². The average molecular weight is 272 g/mol. The zero-order chi connectivity index (χ0) is 14.7. The minimum Gasteiger partial charge on any atom is -0.368 e. The predicted octanol–water partition coefficient (Wildman–Crippen LogP) is 1.71. The zero-order valence-corrected chi connectivity index (χ0v) is 12.0. The number of benzene rings is 1. The zero-order valence-electron chi connectivity index (χ0n) is 12.0. The summed E-state index contributed by atoms with van der Waals surface area (Å²) in [6.07, 6.45) is 3.71. The highest BCUT2D eigenvalue weighted by Gasteiger charge is 2.13. The van der Waals surface area contributed by atoms with Crippen LogP contribution in [0.1, 0.15) is 31.3 Å². The SMILES string of the molecule is Cc1nccn1-c1ccc([C@H](C)N[C@H](C)C(N)=O)cc1. The van der Waals surface area contributed by atoms with Crippen LogP contribution in [0.3, 0.4) is 0 Å². The second-order valence-electron chi connectivity index (χ2n) is 4.95. The van der Waals surface area contributed by atoms with Gasteiger partial charge in [-0.1, -0.05) is 12.1 Å². The smallest absolute Gasteiger partial charge is 0.234 e. The standard InChI is InChI=1S/C15H20N4O/c1-10(18-11(2)15(16)20)13-4-6-14(7-5-13)19-9-8-17-12(19)3/h4-11,18H,1-3H3,(H2,16,20)/t10-,11+/m0/s1. The number of nitrogens with two attached hydrogens (primary N) is 1. The summed E-state index contributed by atoms with van der Waals surface area (Å²) in [5, 5.41) is 3.17. The van der Waals surface area contributed by atoms with Crippen LogP contribution in [0.4, 0.5) is 0 Å². The molecule has 0 aliphatic rings. The Bertz CT molecular complexity index is 588. The molecular formula is C15H20N4O. The fraction of sp³-hybridized carbons (Fsp3) is 0.333. The van der Waals surface area contributed by atoms with Crippen LogP contribution < -0.4 is 11.1 Å². The highest BCUT2D eigenvalue weighted by Crippen LogP contribution is 2.17. The molecule has 0 fully saturated rings. The van der Waals surface area contributed by atoms with E-state index in [1.807, 2.05) is 48.9 Å². The first kappa shape index (κ1) is 14.3. The fourth-order valence-corrected chi connectivity index (χ4v) is 2.13. The molecule has 0 bridgehead atoms. The van der Waals surface area contributed by atoms with Crippen molar-refractivity contribution in [1.82, 2.24) is 14.9 Å². The Hall–Kier alpha value is -2.14. The van der Waals surface area contributed by atoms with Gasteiger partial charge < -0.3 is 10.3 Å². The first-order chi connectivity index (χ1) is 9.49. The number of carbonyl (C=O) groups excluding carboxylic acids is 1. The number of primary amides is 1. The molecule has 106 valence electrons. The molecule has 0 saturated carbocycles. The molecule has 0 spiro atoms. The molecule has 1 amide bonds. The lowest BCUT2D eigenvalue weighted by atomic mass is 10.1. The van der Waals surface area contributed by atoms with Crippen molar-refractivity contribution in [3.8, 4) is 5.69 Å². The average Bonchev–Trinajstić information content (AvgIpc) is 2.85. The lowest BCUT2D eigenvalue weighted by Gasteiger charge is -2.18. The third-order valence-electron chi connectivity index (χ3n) is 3.42. The fourth-order valence-electron chi connectivity index (χ4n) is 2.13. The Balaban J connectivity index is 2.12. The van der Waals surface area contributed by atoms with Gasteiger partial charge in [-0.2, -0.15) is 0 Å². The minimum atomic E-state index is -0.347. The van der Waals surface area contributed by atoms with Crippen LogP contribution in [0.25, 0.3) is 5.69 Å². The first-order valence-electron chi connectivity index (χ1n) is 6.64. The number of hydrogen-bond donors (Lipinski definition) is 2. The van der Waals surface area contributed by atoms with Crippen LogP contribution in [-0.2, 0) is 4.79 Å². The monoisotopic (exact) mass is 272 g/mol. The molecule has 2 aromatic rings. The summed E-state index contributed by atoms with van der Waals surface area (Å²) in [6, 6.07) is 7.88. The maximum Gasteiger partial charge on any atom is 0.234 e. The van der Waals surface area contributed by atoms with E-state index in [9.17, 15) is 4.79 Å². The molecule has 1 heterocycles. The first-order valence-corrected chi connectivity index (χ1v) is 6.64. The van der Waals surface area contributed by atoms with E-state index < -0.39 is 0 Å². The van der Waals surface area contributed by atoms with Gasteiger partial charge in [0.05, 0.1) is 6.04 Å². The highest BCUT2D eigenvalue weighted by molar-refractivity contribution is 5.79. The molecule has 5 nitrogen and oxygen atoms in total. The van der Waals surface area contributed by atoms with Crippen LogP contribution >= 0.6 is 0 Å². The quantitative estimate of drug-likeness (QED) is 0.870. The molecule has 1 aromatic carbocycles. The predicted molar refractivity (Wildman–Crippen MR) is 78.5 cm³/mol. The molecule has 5 heteroatoms. The van der Waals surface area contributed by atoms with Crippen molar-refractivity contribution in [2.24, 2.45) is 5.73 Å². The van der Waals surface area contributed by atoms with E-state index in [4.69, 9.17) is 5.73 Å². The molecule has 0 aliphatic heterocycles. The molecule has 2 atom stereocenters. The van der Waals surface area contributed by atoms with E-state index in [1.165, 1.54) is 0 Å². The Morgan fingerprint density at radius 3 is 2.45 bits per heavy atom. The van der Waals surface area contributed by atoms with E-state index in [0.717, 1.165) is 17.1 Å². The lowest BCUT2D eigenvalue weighted by Crippen LogP contribution is -2.39. The summed E-state index contributed by atoms with van der Waals surface area (Å²) in [7, 11) is 0. The van der Waals surface area contributed by atoms with Gasteiger partial charge in [-0.05, 0) is 38.5 Å². The van der Waals surface area contributed by atoms with Gasteiger partial charge in [-0.3, -0.25) is 10.1 Å². The molecular weight excluding hydrogens is 252 g/mol. The van der Waals surface area contributed by atoms with Crippen LogP contribution in [-0.4, -0.2) is 21.5 Å². The normalized spacial score (nSPS) is 13.9. The van der Waals surface area contributed by atoms with Crippen molar-refractivity contribution in [3.63, 3.8) is 0 Å². The van der Waals surface area contributed by atoms with Crippen LogP contribution in [0.2, 0.25) is 0 Å². The Morgan fingerprint density at radius 2 is 1.95 bits per heavy atom. The third kappa shape index (κ3) is 3.05. The molecule has 1 aromatic heterocycles. The van der Waals surface area contributed by atoms with Gasteiger partial charge in [-0.15, -0.1) is 0 Å². The summed E-state index contributed by atoms with van der Waals surface area (Å²) in [5.41, 5.74) is 7.43. The van der Waals surface area contributed by atoms with Gasteiger partial charge in [0.1, 0.15) is 5.82 Å². The van der Waals surface area contributed by atoms with Gasteiger partial charge in [0.2, 0.25) is 5.91 Å². The van der Waals surface area contributed by atoms with Crippen molar-refractivity contribution in [3.05, 3.63) is 48.0 Å².